The minimum Gasteiger partial charge on any atom is -0.310 e. The Morgan fingerprint density at radius 3 is 2.09 bits per heavy atom. The van der Waals surface area contributed by atoms with E-state index < -0.39 is 0 Å². The number of allylic oxidation sites excluding steroid dienone is 1. The molecule has 0 unspecified atom stereocenters. The van der Waals surface area contributed by atoms with Gasteiger partial charge in [-0.3, -0.25) is 0 Å². The molecular formula is C55H41NS. The predicted molar refractivity (Wildman–Crippen MR) is 245 cm³/mol. The zero-order valence-corrected chi connectivity index (χ0v) is 33.0. The molecule has 11 rings (SSSR count). The molecule has 2 aliphatic rings. The highest BCUT2D eigenvalue weighted by molar-refractivity contribution is 7.25. The maximum atomic E-state index is 2.46. The van der Waals surface area contributed by atoms with Gasteiger partial charge in [0.05, 0.1) is 5.69 Å². The summed E-state index contributed by atoms with van der Waals surface area (Å²) in [6, 6.07) is 65.7. The predicted octanol–water partition coefficient (Wildman–Crippen LogP) is 15.8. The summed E-state index contributed by atoms with van der Waals surface area (Å²) in [5.41, 5.74) is 18.9. The molecule has 0 bridgehead atoms. The lowest BCUT2D eigenvalue weighted by Crippen LogP contribution is -2.14. The summed E-state index contributed by atoms with van der Waals surface area (Å²) in [4.78, 5) is 2.46. The molecule has 1 heterocycles. The van der Waals surface area contributed by atoms with Gasteiger partial charge in [0, 0.05) is 42.5 Å². The third-order valence-corrected chi connectivity index (χ3v) is 13.5. The highest BCUT2D eigenvalue weighted by Crippen LogP contribution is 2.54. The van der Waals surface area contributed by atoms with Gasteiger partial charge >= 0.3 is 0 Å². The van der Waals surface area contributed by atoms with Crippen LogP contribution in [0.2, 0.25) is 0 Å². The summed E-state index contributed by atoms with van der Waals surface area (Å²) in [6.07, 6.45) is 6.80. The van der Waals surface area contributed by atoms with Crippen LogP contribution in [0.4, 0.5) is 17.1 Å². The molecule has 2 heteroatoms. The van der Waals surface area contributed by atoms with Crippen LogP contribution in [0.5, 0.6) is 0 Å². The third kappa shape index (κ3) is 5.58. The number of anilines is 3. The molecule has 9 aromatic rings. The Balaban J connectivity index is 1.08. The summed E-state index contributed by atoms with van der Waals surface area (Å²) in [5.74, 6) is 0. The maximum Gasteiger partial charge on any atom is 0.0540 e. The van der Waals surface area contributed by atoms with E-state index in [4.69, 9.17) is 0 Å². The van der Waals surface area contributed by atoms with Crippen LogP contribution >= 0.6 is 11.3 Å². The van der Waals surface area contributed by atoms with Crippen molar-refractivity contribution in [2.24, 2.45) is 0 Å². The quantitative estimate of drug-likeness (QED) is 0.164. The van der Waals surface area contributed by atoms with Gasteiger partial charge in [0.25, 0.3) is 0 Å². The Hall–Kier alpha value is -6.48. The van der Waals surface area contributed by atoms with Crippen molar-refractivity contribution in [1.82, 2.24) is 0 Å². The van der Waals surface area contributed by atoms with E-state index in [9.17, 15) is 0 Å². The van der Waals surface area contributed by atoms with Crippen LogP contribution in [0.15, 0.2) is 182 Å². The molecule has 57 heavy (non-hydrogen) atoms. The lowest BCUT2D eigenvalue weighted by molar-refractivity contribution is 0.660. The average Bonchev–Trinajstić information content (AvgIpc) is 3.75. The van der Waals surface area contributed by atoms with Crippen molar-refractivity contribution in [2.75, 3.05) is 4.90 Å². The number of fused-ring (bicyclic) bond motifs is 7. The molecule has 0 saturated heterocycles. The summed E-state index contributed by atoms with van der Waals surface area (Å²) < 4.78 is 2.66. The van der Waals surface area contributed by atoms with Crippen molar-refractivity contribution in [3.63, 3.8) is 0 Å². The fraction of sp³-hybridized carbons (Fsp3) is 0.0909. The fourth-order valence-electron chi connectivity index (χ4n) is 9.44. The molecule has 272 valence electrons. The molecule has 1 nitrogen and oxygen atoms in total. The van der Waals surface area contributed by atoms with Crippen molar-refractivity contribution in [3.8, 4) is 44.5 Å². The molecule has 0 aliphatic heterocycles. The molecule has 0 spiro atoms. The van der Waals surface area contributed by atoms with Crippen LogP contribution in [-0.2, 0) is 11.8 Å². The summed E-state index contributed by atoms with van der Waals surface area (Å²) >= 11 is 1.87. The number of hydrogen-bond donors (Lipinski definition) is 0. The van der Waals surface area contributed by atoms with E-state index in [2.05, 4.69) is 207 Å². The molecule has 0 radical (unpaired) electrons. The zero-order chi connectivity index (χ0) is 38.1. The number of benzene rings is 8. The second kappa shape index (κ2) is 13.3. The number of nitrogens with zero attached hydrogens (tertiary/aromatic N) is 1. The van der Waals surface area contributed by atoms with E-state index in [1.807, 2.05) is 11.3 Å². The van der Waals surface area contributed by atoms with Gasteiger partial charge < -0.3 is 4.90 Å². The van der Waals surface area contributed by atoms with E-state index in [1.54, 1.807) is 0 Å². The smallest absolute Gasteiger partial charge is 0.0540 e. The van der Waals surface area contributed by atoms with E-state index in [0.29, 0.717) is 0 Å². The first kappa shape index (κ1) is 33.8. The molecular weight excluding hydrogens is 707 g/mol. The SMILES string of the molecule is CC1(C)c2ccccc2-c2c(-c3ccccc3N(c3ccc(-c4ccc5sc6ccccc6c5c4)cc3)c3cccc(-c4ccc5c(c4)C=CCC5)c3)cccc21. The molecule has 2 aliphatic carbocycles. The van der Waals surface area contributed by atoms with Crippen molar-refractivity contribution < 1.29 is 0 Å². The second-order valence-electron chi connectivity index (χ2n) is 16.0. The van der Waals surface area contributed by atoms with Crippen LogP contribution in [-0.4, -0.2) is 0 Å². The number of aryl methyl sites for hydroxylation is 1. The van der Waals surface area contributed by atoms with Gasteiger partial charge in [-0.1, -0.05) is 147 Å². The molecule has 0 saturated carbocycles. The first-order valence-electron chi connectivity index (χ1n) is 20.1. The van der Waals surface area contributed by atoms with Gasteiger partial charge in [-0.05, 0) is 129 Å². The van der Waals surface area contributed by atoms with Gasteiger partial charge in [-0.15, -0.1) is 11.3 Å². The first-order chi connectivity index (χ1) is 28.0. The highest BCUT2D eigenvalue weighted by atomic mass is 32.1. The van der Waals surface area contributed by atoms with E-state index >= 15 is 0 Å². The van der Waals surface area contributed by atoms with Crippen LogP contribution in [0.25, 0.3) is 70.8 Å². The van der Waals surface area contributed by atoms with Gasteiger partial charge in [0.1, 0.15) is 0 Å². The minimum atomic E-state index is -0.0802. The largest absolute Gasteiger partial charge is 0.310 e. The lowest BCUT2D eigenvalue weighted by atomic mass is 9.82. The molecule has 1 aromatic heterocycles. The Kier molecular flexibility index (Phi) is 7.91. The number of para-hydroxylation sites is 1. The number of thiophene rings is 1. The molecule has 8 aromatic carbocycles. The average molecular weight is 748 g/mol. The van der Waals surface area contributed by atoms with Crippen molar-refractivity contribution in [3.05, 3.63) is 204 Å². The van der Waals surface area contributed by atoms with Crippen LogP contribution in [0, 0.1) is 0 Å². The van der Waals surface area contributed by atoms with Gasteiger partial charge in [0.2, 0.25) is 0 Å². The molecule has 0 atom stereocenters. The van der Waals surface area contributed by atoms with Gasteiger partial charge in [-0.25, -0.2) is 0 Å². The van der Waals surface area contributed by atoms with Crippen LogP contribution in [0.3, 0.4) is 0 Å². The van der Waals surface area contributed by atoms with Crippen molar-refractivity contribution in [2.45, 2.75) is 32.1 Å². The number of hydrogen-bond acceptors (Lipinski definition) is 2. The van der Waals surface area contributed by atoms with E-state index in [-0.39, 0.29) is 5.41 Å². The minimum absolute atomic E-state index is 0.0802. The van der Waals surface area contributed by atoms with E-state index in [1.165, 1.54) is 86.9 Å². The Morgan fingerprint density at radius 1 is 0.491 bits per heavy atom. The Labute approximate surface area is 338 Å². The van der Waals surface area contributed by atoms with Gasteiger partial charge in [-0.2, -0.15) is 0 Å². The normalized spacial score (nSPS) is 13.7. The fourth-order valence-corrected chi connectivity index (χ4v) is 10.5. The third-order valence-electron chi connectivity index (χ3n) is 12.3. The maximum absolute atomic E-state index is 2.46. The first-order valence-corrected chi connectivity index (χ1v) is 20.9. The Morgan fingerprint density at radius 2 is 1.18 bits per heavy atom. The van der Waals surface area contributed by atoms with E-state index in [0.717, 1.165) is 29.9 Å². The van der Waals surface area contributed by atoms with Gasteiger partial charge in [0.15, 0.2) is 0 Å². The monoisotopic (exact) mass is 747 g/mol. The lowest BCUT2D eigenvalue weighted by Gasteiger charge is -2.29. The Bertz CT molecular complexity index is 3050. The summed E-state index contributed by atoms with van der Waals surface area (Å²) in [7, 11) is 0. The topological polar surface area (TPSA) is 3.24 Å². The summed E-state index contributed by atoms with van der Waals surface area (Å²) in [5, 5.41) is 2.65. The molecule has 0 fully saturated rings. The standard InChI is InChI=1S/C55H41NS/c1-55(2)49-21-8-5-19-47(49)54-46(20-12-22-50(54)55)44-17-6-9-23-51(44)56(43-16-11-15-39(34-43)40-26-25-36-13-3-4-14-38(36)33-40)42-30-27-37(28-31-42)41-29-32-53-48(35-41)45-18-7-10-24-52(45)57-53/h4-12,14-35H,3,13H2,1-2H3. The van der Waals surface area contributed by atoms with Crippen LogP contribution in [0.1, 0.15) is 42.5 Å². The van der Waals surface area contributed by atoms with Crippen molar-refractivity contribution >= 4 is 54.6 Å². The highest BCUT2D eigenvalue weighted by Gasteiger charge is 2.37. The number of rotatable bonds is 6. The molecule has 0 N–H and O–H groups in total. The second-order valence-corrected chi connectivity index (χ2v) is 17.1. The summed E-state index contributed by atoms with van der Waals surface area (Å²) in [6.45, 7) is 4.73. The van der Waals surface area contributed by atoms with Crippen LogP contribution < -0.4 is 4.90 Å². The zero-order valence-electron chi connectivity index (χ0n) is 32.2. The molecule has 0 amide bonds. The van der Waals surface area contributed by atoms with Crippen molar-refractivity contribution in [1.29, 1.82) is 0 Å².